The zero-order chi connectivity index (χ0) is 18.0. The molecule has 1 fully saturated rings. The molecule has 1 aromatic rings. The van der Waals surface area contributed by atoms with Crippen molar-refractivity contribution in [3.05, 3.63) is 34.3 Å². The number of rotatable bonds is 0. The van der Waals surface area contributed by atoms with E-state index in [0.717, 1.165) is 37.4 Å². The van der Waals surface area contributed by atoms with Gasteiger partial charge in [-0.25, -0.2) is 4.79 Å². The topological polar surface area (TPSA) is 55.6 Å². The molecule has 24 heavy (non-hydrogen) atoms. The molecule has 134 valence electrons. The highest BCUT2D eigenvalue weighted by molar-refractivity contribution is 6.30. The largest absolute Gasteiger partial charge is 0.444 e. The first kappa shape index (κ1) is 19.1. The van der Waals surface area contributed by atoms with Gasteiger partial charge in [0.2, 0.25) is 0 Å². The molecule has 1 aromatic carbocycles. The van der Waals surface area contributed by atoms with Gasteiger partial charge < -0.3 is 15.4 Å². The van der Waals surface area contributed by atoms with E-state index >= 15 is 0 Å². The Balaban J connectivity index is 0.00000100. The smallest absolute Gasteiger partial charge is 0.410 e. The molecule has 3 rings (SSSR count). The minimum atomic E-state index is -0.428. The summed E-state index contributed by atoms with van der Waals surface area (Å²) in [7, 11) is 1.50. The maximum absolute atomic E-state index is 12.2. The summed E-state index contributed by atoms with van der Waals surface area (Å²) in [4.78, 5) is 14.0. The van der Waals surface area contributed by atoms with Gasteiger partial charge in [0, 0.05) is 18.1 Å². The zero-order valence-electron chi connectivity index (χ0n) is 15.2. The minimum absolute atomic E-state index is 0.184. The molecule has 4 nitrogen and oxygen atoms in total. The van der Waals surface area contributed by atoms with Crippen LogP contribution in [0.25, 0.3) is 0 Å². The maximum atomic E-state index is 12.2. The summed E-state index contributed by atoms with van der Waals surface area (Å²) in [5.41, 5.74) is 7.14. The number of likely N-dealkylation sites (tertiary alicyclic amines) is 1. The van der Waals surface area contributed by atoms with Crippen LogP contribution in [-0.4, -0.2) is 36.7 Å². The molecule has 0 aromatic heterocycles. The lowest BCUT2D eigenvalue weighted by Crippen LogP contribution is -2.46. The SMILES string of the molecule is CC(C)(C)OC(=O)N1CCC2(CCc3cc(Cl)ccc32)CC1.CN. The van der Waals surface area contributed by atoms with Crippen molar-refractivity contribution in [1.29, 1.82) is 0 Å². The summed E-state index contributed by atoms with van der Waals surface area (Å²) in [6.07, 6.45) is 4.12. The number of ether oxygens (including phenoxy) is 1. The third-order valence-corrected chi connectivity index (χ3v) is 5.12. The van der Waals surface area contributed by atoms with Crippen molar-refractivity contribution in [1.82, 2.24) is 4.90 Å². The number of aryl methyl sites for hydroxylation is 1. The molecule has 2 N–H and O–H groups in total. The van der Waals surface area contributed by atoms with E-state index in [0.29, 0.717) is 0 Å². The highest BCUT2D eigenvalue weighted by Crippen LogP contribution is 2.46. The summed E-state index contributed by atoms with van der Waals surface area (Å²) in [5.74, 6) is 0. The zero-order valence-corrected chi connectivity index (χ0v) is 15.9. The molecule has 1 aliphatic heterocycles. The molecule has 0 bridgehead atoms. The summed E-state index contributed by atoms with van der Waals surface area (Å²) in [5, 5.41) is 0.821. The Labute approximate surface area is 150 Å². The highest BCUT2D eigenvalue weighted by Gasteiger charge is 2.42. The number of halogens is 1. The molecule has 1 spiro atoms. The van der Waals surface area contributed by atoms with Crippen molar-refractivity contribution >= 4 is 17.7 Å². The molecule has 5 heteroatoms. The predicted molar refractivity (Wildman–Crippen MR) is 98.6 cm³/mol. The normalized spacial score (nSPS) is 18.7. The molecule has 0 unspecified atom stereocenters. The number of piperidine rings is 1. The van der Waals surface area contributed by atoms with Gasteiger partial charge >= 0.3 is 6.09 Å². The van der Waals surface area contributed by atoms with Crippen LogP contribution in [0, 0.1) is 0 Å². The highest BCUT2D eigenvalue weighted by atomic mass is 35.5. The van der Waals surface area contributed by atoms with Crippen molar-refractivity contribution in [2.24, 2.45) is 5.73 Å². The van der Waals surface area contributed by atoms with Crippen molar-refractivity contribution < 1.29 is 9.53 Å². The monoisotopic (exact) mass is 352 g/mol. The van der Waals surface area contributed by atoms with Gasteiger partial charge in [-0.15, -0.1) is 0 Å². The van der Waals surface area contributed by atoms with Crippen LogP contribution < -0.4 is 5.73 Å². The van der Waals surface area contributed by atoms with Crippen LogP contribution in [0.4, 0.5) is 4.79 Å². The second-order valence-corrected chi connectivity index (χ2v) is 7.99. The van der Waals surface area contributed by atoms with Crippen molar-refractivity contribution in [3.8, 4) is 0 Å². The summed E-state index contributed by atoms with van der Waals surface area (Å²) >= 11 is 6.11. The molecule has 0 radical (unpaired) electrons. The van der Waals surface area contributed by atoms with Crippen LogP contribution in [0.15, 0.2) is 18.2 Å². The Hall–Kier alpha value is -1.26. The number of carbonyl (C=O) groups is 1. The second-order valence-electron chi connectivity index (χ2n) is 7.55. The van der Waals surface area contributed by atoms with E-state index < -0.39 is 5.60 Å². The standard InChI is InChI=1S/C18H24ClNO2.CH5N/c1-17(2,3)22-16(21)20-10-8-18(9-11-20)7-6-13-12-14(19)4-5-15(13)18;1-2/h4-5,12H,6-11H2,1-3H3;2H2,1H3. The molecule has 1 heterocycles. The van der Waals surface area contributed by atoms with Crippen LogP contribution >= 0.6 is 11.6 Å². The number of benzene rings is 1. The van der Waals surface area contributed by atoms with Crippen LogP contribution in [-0.2, 0) is 16.6 Å². The van der Waals surface area contributed by atoms with Crippen LogP contribution in [0.5, 0.6) is 0 Å². The van der Waals surface area contributed by atoms with E-state index in [9.17, 15) is 4.79 Å². The first-order valence-corrected chi connectivity index (χ1v) is 9.01. The number of carbonyl (C=O) groups excluding carboxylic acids is 1. The third-order valence-electron chi connectivity index (χ3n) is 4.88. The van der Waals surface area contributed by atoms with Crippen molar-refractivity contribution in [2.45, 2.75) is 57.5 Å². The Bertz CT molecular complexity index is 588. The van der Waals surface area contributed by atoms with E-state index in [2.05, 4.69) is 17.9 Å². The first-order valence-electron chi connectivity index (χ1n) is 8.64. The fourth-order valence-electron chi connectivity index (χ4n) is 3.76. The van der Waals surface area contributed by atoms with Gasteiger partial charge in [-0.3, -0.25) is 0 Å². The number of nitrogens with zero attached hydrogens (tertiary/aromatic N) is 1. The molecule has 1 aliphatic carbocycles. The van der Waals surface area contributed by atoms with Gasteiger partial charge in [-0.1, -0.05) is 17.7 Å². The average Bonchev–Trinajstić information content (AvgIpc) is 2.86. The molecule has 0 saturated carbocycles. The molecule has 1 saturated heterocycles. The fourth-order valence-corrected chi connectivity index (χ4v) is 3.95. The van der Waals surface area contributed by atoms with Gasteiger partial charge in [-0.05, 0) is 82.2 Å². The lowest BCUT2D eigenvalue weighted by atomic mass is 9.74. The quantitative estimate of drug-likeness (QED) is 0.763. The number of nitrogens with two attached hydrogens (primary N) is 1. The Morgan fingerprint density at radius 2 is 1.83 bits per heavy atom. The fraction of sp³-hybridized carbons (Fsp3) is 0.632. The lowest BCUT2D eigenvalue weighted by molar-refractivity contribution is 0.0164. The Morgan fingerprint density at radius 1 is 1.21 bits per heavy atom. The van der Waals surface area contributed by atoms with Gasteiger partial charge in [0.05, 0.1) is 0 Å². The van der Waals surface area contributed by atoms with Crippen LogP contribution in [0.3, 0.4) is 0 Å². The molecule has 1 amide bonds. The summed E-state index contributed by atoms with van der Waals surface area (Å²) in [6, 6.07) is 6.29. The van der Waals surface area contributed by atoms with E-state index in [-0.39, 0.29) is 11.5 Å². The number of hydrogen-bond acceptors (Lipinski definition) is 3. The second kappa shape index (κ2) is 7.32. The number of hydrogen-bond donors (Lipinski definition) is 1. The summed E-state index contributed by atoms with van der Waals surface area (Å²) < 4.78 is 5.48. The Morgan fingerprint density at radius 3 is 2.42 bits per heavy atom. The minimum Gasteiger partial charge on any atom is -0.444 e. The maximum Gasteiger partial charge on any atom is 0.410 e. The third kappa shape index (κ3) is 4.04. The Kier molecular flexibility index (Phi) is 5.82. The summed E-state index contributed by atoms with van der Waals surface area (Å²) in [6.45, 7) is 7.28. The molecule has 2 aliphatic rings. The van der Waals surface area contributed by atoms with Gasteiger partial charge in [0.25, 0.3) is 0 Å². The van der Waals surface area contributed by atoms with E-state index in [1.807, 2.05) is 31.7 Å². The average molecular weight is 353 g/mol. The van der Waals surface area contributed by atoms with Crippen molar-refractivity contribution in [2.75, 3.05) is 20.1 Å². The molecule has 0 atom stereocenters. The van der Waals surface area contributed by atoms with E-state index in [4.69, 9.17) is 16.3 Å². The lowest BCUT2D eigenvalue weighted by Gasteiger charge is -2.40. The van der Waals surface area contributed by atoms with Crippen molar-refractivity contribution in [3.63, 3.8) is 0 Å². The van der Waals surface area contributed by atoms with Crippen LogP contribution in [0.2, 0.25) is 5.02 Å². The van der Waals surface area contributed by atoms with Gasteiger partial charge in [0.1, 0.15) is 5.60 Å². The number of fused-ring (bicyclic) bond motifs is 2. The van der Waals surface area contributed by atoms with Crippen LogP contribution in [0.1, 0.15) is 51.2 Å². The van der Waals surface area contributed by atoms with E-state index in [1.54, 1.807) is 0 Å². The van der Waals surface area contributed by atoms with E-state index in [1.165, 1.54) is 24.6 Å². The van der Waals surface area contributed by atoms with Gasteiger partial charge in [-0.2, -0.15) is 0 Å². The predicted octanol–water partition coefficient (Wildman–Crippen LogP) is 4.13. The molecular formula is C19H29ClN2O2. The first-order chi connectivity index (χ1) is 11.3. The number of amides is 1. The van der Waals surface area contributed by atoms with Gasteiger partial charge in [0.15, 0.2) is 0 Å². The molecular weight excluding hydrogens is 324 g/mol.